The third-order valence-corrected chi connectivity index (χ3v) is 5.70. The fraction of sp³-hybridized carbons (Fsp3) is 0.333. The summed E-state index contributed by atoms with van der Waals surface area (Å²) < 4.78 is 41.7. The van der Waals surface area contributed by atoms with E-state index in [4.69, 9.17) is 11.6 Å². The van der Waals surface area contributed by atoms with Gasteiger partial charge in [0, 0.05) is 19.6 Å². The average molecular weight is 437 g/mol. The number of carbonyl (C=O) groups is 1. The summed E-state index contributed by atoms with van der Waals surface area (Å²) in [4.78, 5) is 18.0. The number of hydrogen-bond donors (Lipinski definition) is 1. The number of nitrogens with one attached hydrogen (secondary N) is 1. The summed E-state index contributed by atoms with van der Waals surface area (Å²) in [5.74, 6) is -0.851. The Hall–Kier alpha value is -2.74. The molecule has 0 bridgehead atoms. The molecule has 1 aliphatic heterocycles. The van der Waals surface area contributed by atoms with Crippen LogP contribution in [-0.4, -0.2) is 33.6 Å². The molecule has 1 saturated heterocycles. The van der Waals surface area contributed by atoms with E-state index in [1.165, 1.54) is 4.57 Å². The maximum absolute atomic E-state index is 13.5. The molecule has 1 N–H and O–H groups in total. The topological polar surface area (TPSA) is 50.2 Å². The Bertz CT molecular complexity index is 1060. The number of amides is 2. The van der Waals surface area contributed by atoms with Crippen molar-refractivity contribution in [3.05, 3.63) is 59.4 Å². The van der Waals surface area contributed by atoms with Crippen LogP contribution in [0.25, 0.3) is 11.0 Å². The van der Waals surface area contributed by atoms with Crippen LogP contribution in [0.15, 0.2) is 48.5 Å². The lowest BCUT2D eigenvalue weighted by molar-refractivity contribution is -0.147. The molecule has 0 spiro atoms. The number of benzene rings is 2. The Balaban J connectivity index is 1.43. The normalized spacial score (nSPS) is 15.5. The van der Waals surface area contributed by atoms with Crippen molar-refractivity contribution in [1.29, 1.82) is 0 Å². The summed E-state index contributed by atoms with van der Waals surface area (Å²) in [5, 5.41) is 3.24. The van der Waals surface area contributed by atoms with Crippen LogP contribution in [0, 0.1) is 5.92 Å². The standard InChI is InChI=1S/C21H20ClF3N4O/c22-15-5-1-2-6-16(15)27-20(30)28-11-9-14(10-12-28)13-29-18-8-4-3-7-17(18)26-19(29)21(23,24)25/h1-8,14H,9-13H2,(H,27,30). The average Bonchev–Trinajstić information content (AvgIpc) is 3.09. The van der Waals surface area contributed by atoms with E-state index in [1.54, 1.807) is 53.4 Å². The van der Waals surface area contributed by atoms with Gasteiger partial charge in [-0.3, -0.25) is 0 Å². The molecule has 2 aromatic carbocycles. The molecule has 9 heteroatoms. The number of carbonyl (C=O) groups excluding carboxylic acids is 1. The number of fused-ring (bicyclic) bond motifs is 1. The first-order valence-electron chi connectivity index (χ1n) is 9.66. The van der Waals surface area contributed by atoms with E-state index in [0.717, 1.165) is 0 Å². The van der Waals surface area contributed by atoms with E-state index in [-0.39, 0.29) is 18.5 Å². The summed E-state index contributed by atoms with van der Waals surface area (Å²) in [6.45, 7) is 1.15. The number of alkyl halides is 3. The van der Waals surface area contributed by atoms with E-state index < -0.39 is 12.0 Å². The molecular weight excluding hydrogens is 417 g/mol. The van der Waals surface area contributed by atoms with Crippen molar-refractivity contribution in [2.24, 2.45) is 5.92 Å². The van der Waals surface area contributed by atoms with Crippen LogP contribution in [0.5, 0.6) is 0 Å². The summed E-state index contributed by atoms with van der Waals surface area (Å²) in [6.07, 6.45) is -3.30. The Morgan fingerprint density at radius 2 is 1.77 bits per heavy atom. The lowest BCUT2D eigenvalue weighted by Crippen LogP contribution is -2.41. The zero-order valence-corrected chi connectivity index (χ0v) is 16.7. The summed E-state index contributed by atoms with van der Waals surface area (Å²) >= 11 is 6.08. The minimum absolute atomic E-state index is 0.0214. The quantitative estimate of drug-likeness (QED) is 0.576. The molecule has 2 heterocycles. The van der Waals surface area contributed by atoms with E-state index in [2.05, 4.69) is 10.3 Å². The van der Waals surface area contributed by atoms with E-state index in [0.29, 0.717) is 47.7 Å². The molecule has 30 heavy (non-hydrogen) atoms. The van der Waals surface area contributed by atoms with Gasteiger partial charge in [0.1, 0.15) is 0 Å². The maximum atomic E-state index is 13.5. The van der Waals surface area contributed by atoms with Gasteiger partial charge in [0.05, 0.1) is 21.7 Å². The first-order chi connectivity index (χ1) is 14.3. The van der Waals surface area contributed by atoms with Crippen LogP contribution in [0.2, 0.25) is 5.02 Å². The predicted molar refractivity (Wildman–Crippen MR) is 110 cm³/mol. The van der Waals surface area contributed by atoms with E-state index in [9.17, 15) is 18.0 Å². The van der Waals surface area contributed by atoms with Gasteiger partial charge in [-0.15, -0.1) is 0 Å². The van der Waals surface area contributed by atoms with Crippen molar-refractivity contribution in [2.45, 2.75) is 25.6 Å². The van der Waals surface area contributed by atoms with Gasteiger partial charge < -0.3 is 14.8 Å². The molecule has 2 amide bonds. The minimum Gasteiger partial charge on any atom is -0.325 e. The first-order valence-corrected chi connectivity index (χ1v) is 10.0. The summed E-state index contributed by atoms with van der Waals surface area (Å²) in [6, 6.07) is 13.3. The molecule has 4 rings (SSSR count). The van der Waals surface area contributed by atoms with Gasteiger partial charge in [-0.25, -0.2) is 9.78 Å². The van der Waals surface area contributed by atoms with Gasteiger partial charge in [-0.1, -0.05) is 35.9 Å². The third kappa shape index (κ3) is 4.23. The van der Waals surface area contributed by atoms with Crippen molar-refractivity contribution in [1.82, 2.24) is 14.5 Å². The van der Waals surface area contributed by atoms with E-state index >= 15 is 0 Å². The fourth-order valence-electron chi connectivity index (χ4n) is 3.81. The number of hydrogen-bond acceptors (Lipinski definition) is 2. The van der Waals surface area contributed by atoms with Gasteiger partial charge in [-0.2, -0.15) is 13.2 Å². The lowest BCUT2D eigenvalue weighted by atomic mass is 9.96. The SMILES string of the molecule is O=C(Nc1ccccc1Cl)N1CCC(Cn2c(C(F)(F)F)nc3ccccc32)CC1. The number of para-hydroxylation sites is 3. The zero-order chi connectivity index (χ0) is 21.3. The van der Waals surface area contributed by atoms with Crippen molar-refractivity contribution in [2.75, 3.05) is 18.4 Å². The number of rotatable bonds is 3. The molecule has 0 radical (unpaired) electrons. The minimum atomic E-state index is -4.52. The molecule has 0 unspecified atom stereocenters. The largest absolute Gasteiger partial charge is 0.449 e. The zero-order valence-electron chi connectivity index (χ0n) is 16.0. The molecule has 158 valence electrons. The second kappa shape index (κ2) is 8.18. The summed E-state index contributed by atoms with van der Waals surface area (Å²) in [5.41, 5.74) is 1.34. The molecule has 3 aromatic rings. The highest BCUT2D eigenvalue weighted by Crippen LogP contribution is 2.33. The molecule has 0 saturated carbocycles. The first kappa shape index (κ1) is 20.5. The highest BCUT2D eigenvalue weighted by atomic mass is 35.5. The van der Waals surface area contributed by atoms with Crippen LogP contribution in [-0.2, 0) is 12.7 Å². The smallest absolute Gasteiger partial charge is 0.325 e. The van der Waals surface area contributed by atoms with Gasteiger partial charge in [0.25, 0.3) is 0 Å². The van der Waals surface area contributed by atoms with Crippen molar-refractivity contribution < 1.29 is 18.0 Å². The Morgan fingerprint density at radius 1 is 1.10 bits per heavy atom. The number of halogens is 4. The van der Waals surface area contributed by atoms with Crippen molar-refractivity contribution >= 4 is 34.4 Å². The molecular formula is C21H20ClF3N4O. The van der Waals surface area contributed by atoms with Crippen molar-refractivity contribution in [3.63, 3.8) is 0 Å². The van der Waals surface area contributed by atoms with E-state index in [1.807, 2.05) is 0 Å². The maximum Gasteiger partial charge on any atom is 0.449 e. The summed E-state index contributed by atoms with van der Waals surface area (Å²) in [7, 11) is 0. The van der Waals surface area contributed by atoms with Crippen LogP contribution >= 0.6 is 11.6 Å². The predicted octanol–water partition coefficient (Wildman–Crippen LogP) is 5.65. The Kier molecular flexibility index (Phi) is 5.60. The lowest BCUT2D eigenvalue weighted by Gasteiger charge is -2.32. The van der Waals surface area contributed by atoms with Gasteiger partial charge >= 0.3 is 12.2 Å². The monoisotopic (exact) mass is 436 g/mol. The van der Waals surface area contributed by atoms with Gasteiger partial charge in [0.15, 0.2) is 0 Å². The van der Waals surface area contributed by atoms with Crippen molar-refractivity contribution in [3.8, 4) is 0 Å². The van der Waals surface area contributed by atoms with Crippen LogP contribution < -0.4 is 5.32 Å². The number of aromatic nitrogens is 2. The third-order valence-electron chi connectivity index (χ3n) is 5.37. The highest BCUT2D eigenvalue weighted by molar-refractivity contribution is 6.33. The number of urea groups is 1. The molecule has 0 atom stereocenters. The second-order valence-electron chi connectivity index (χ2n) is 7.37. The number of likely N-dealkylation sites (tertiary alicyclic amines) is 1. The highest BCUT2D eigenvalue weighted by Gasteiger charge is 2.38. The molecule has 0 aliphatic carbocycles. The van der Waals surface area contributed by atoms with Crippen LogP contribution in [0.3, 0.4) is 0 Å². The van der Waals surface area contributed by atoms with Crippen LogP contribution in [0.4, 0.5) is 23.7 Å². The number of anilines is 1. The number of piperidine rings is 1. The fourth-order valence-corrected chi connectivity index (χ4v) is 3.99. The number of nitrogens with zero attached hydrogens (tertiary/aromatic N) is 3. The van der Waals surface area contributed by atoms with Gasteiger partial charge in [-0.05, 0) is 43.0 Å². The number of imidazole rings is 1. The van der Waals surface area contributed by atoms with Crippen LogP contribution in [0.1, 0.15) is 18.7 Å². The molecule has 5 nitrogen and oxygen atoms in total. The second-order valence-corrected chi connectivity index (χ2v) is 7.78. The molecule has 1 aliphatic rings. The Morgan fingerprint density at radius 3 is 2.47 bits per heavy atom. The Labute approximate surface area is 176 Å². The molecule has 1 fully saturated rings. The molecule has 1 aromatic heterocycles. The van der Waals surface area contributed by atoms with Gasteiger partial charge in [0.2, 0.25) is 5.82 Å².